The SMILES string of the molecule is CC(C)NC(=O)N1CC[C@]2(C[C@H](Nc3ncccc3F)CO2)C1. The topological polar surface area (TPSA) is 66.5 Å². The minimum Gasteiger partial charge on any atom is -0.371 e. The maximum absolute atomic E-state index is 13.7. The predicted molar refractivity (Wildman–Crippen MR) is 84.8 cm³/mol. The molecule has 0 radical (unpaired) electrons. The third kappa shape index (κ3) is 3.55. The van der Waals surface area contributed by atoms with Gasteiger partial charge in [0.05, 0.1) is 24.8 Å². The summed E-state index contributed by atoms with van der Waals surface area (Å²) >= 11 is 0. The number of ether oxygens (including phenoxy) is 1. The molecule has 2 amide bonds. The number of carbonyl (C=O) groups is 1. The molecule has 1 spiro atoms. The van der Waals surface area contributed by atoms with Gasteiger partial charge in [0.1, 0.15) is 0 Å². The fourth-order valence-electron chi connectivity index (χ4n) is 3.26. The lowest BCUT2D eigenvalue weighted by Crippen LogP contribution is -2.44. The van der Waals surface area contributed by atoms with Gasteiger partial charge in [0.25, 0.3) is 0 Å². The number of anilines is 1. The summed E-state index contributed by atoms with van der Waals surface area (Å²) in [6.07, 6.45) is 3.11. The van der Waals surface area contributed by atoms with Crippen LogP contribution in [0.4, 0.5) is 15.0 Å². The van der Waals surface area contributed by atoms with Crippen LogP contribution in [0, 0.1) is 5.82 Å². The number of pyridine rings is 1. The molecule has 0 bridgehead atoms. The molecule has 6 nitrogen and oxygen atoms in total. The van der Waals surface area contributed by atoms with Crippen LogP contribution in [0.25, 0.3) is 0 Å². The molecular formula is C16H23FN4O2. The van der Waals surface area contributed by atoms with Gasteiger partial charge in [-0.05, 0) is 32.4 Å². The molecule has 0 aromatic carbocycles. The average Bonchev–Trinajstić information content (AvgIpc) is 3.09. The molecule has 2 aliphatic heterocycles. The Hall–Kier alpha value is -1.89. The molecule has 2 atom stereocenters. The number of hydrogen-bond donors (Lipinski definition) is 2. The lowest BCUT2D eigenvalue weighted by atomic mass is 9.97. The van der Waals surface area contributed by atoms with E-state index in [-0.39, 0.29) is 35.4 Å². The second-order valence-corrected chi connectivity index (χ2v) is 6.65. The highest BCUT2D eigenvalue weighted by Gasteiger charge is 2.47. The highest BCUT2D eigenvalue weighted by Crippen LogP contribution is 2.36. The van der Waals surface area contributed by atoms with E-state index in [1.807, 2.05) is 13.8 Å². The monoisotopic (exact) mass is 322 g/mol. The highest BCUT2D eigenvalue weighted by atomic mass is 19.1. The van der Waals surface area contributed by atoms with Crippen molar-refractivity contribution in [3.63, 3.8) is 0 Å². The van der Waals surface area contributed by atoms with Gasteiger partial charge in [0, 0.05) is 25.2 Å². The Labute approximate surface area is 135 Å². The molecule has 23 heavy (non-hydrogen) atoms. The quantitative estimate of drug-likeness (QED) is 0.893. The van der Waals surface area contributed by atoms with E-state index in [0.29, 0.717) is 19.7 Å². The second kappa shape index (κ2) is 6.31. The van der Waals surface area contributed by atoms with E-state index in [1.165, 1.54) is 6.07 Å². The van der Waals surface area contributed by atoms with Crippen molar-refractivity contribution in [1.29, 1.82) is 0 Å². The van der Waals surface area contributed by atoms with E-state index >= 15 is 0 Å². The first kappa shape index (κ1) is 16.0. The standard InChI is InChI=1S/C16H23FN4O2/c1-11(2)19-15(22)21-7-5-16(10-21)8-12(9-23-16)20-14-13(17)4-3-6-18-14/h3-4,6,11-12H,5,7-10H2,1-2H3,(H,18,20)(H,19,22)/t12-,16-/m0/s1. The van der Waals surface area contributed by atoms with Gasteiger partial charge in [-0.2, -0.15) is 0 Å². The van der Waals surface area contributed by atoms with Crippen LogP contribution in [0.2, 0.25) is 0 Å². The minimum absolute atomic E-state index is 0.00695. The van der Waals surface area contributed by atoms with Crippen LogP contribution in [-0.2, 0) is 4.74 Å². The summed E-state index contributed by atoms with van der Waals surface area (Å²) in [6, 6.07) is 3.02. The van der Waals surface area contributed by atoms with E-state index in [1.54, 1.807) is 17.2 Å². The zero-order chi connectivity index (χ0) is 16.4. The lowest BCUT2D eigenvalue weighted by molar-refractivity contribution is 0.0150. The maximum atomic E-state index is 13.7. The first-order chi connectivity index (χ1) is 11.0. The molecule has 7 heteroatoms. The Bertz CT molecular complexity index is 583. The second-order valence-electron chi connectivity index (χ2n) is 6.65. The zero-order valence-corrected chi connectivity index (χ0v) is 13.5. The van der Waals surface area contributed by atoms with Gasteiger partial charge in [0.15, 0.2) is 11.6 Å². The summed E-state index contributed by atoms with van der Waals surface area (Å²) in [5.74, 6) is -0.108. The van der Waals surface area contributed by atoms with Gasteiger partial charge < -0.3 is 20.3 Å². The molecule has 2 aliphatic rings. The van der Waals surface area contributed by atoms with Crippen LogP contribution in [0.5, 0.6) is 0 Å². The number of rotatable bonds is 3. The molecule has 3 heterocycles. The van der Waals surface area contributed by atoms with Crippen molar-refractivity contribution >= 4 is 11.8 Å². The smallest absolute Gasteiger partial charge is 0.317 e. The van der Waals surface area contributed by atoms with E-state index < -0.39 is 0 Å². The number of hydrogen-bond acceptors (Lipinski definition) is 4. The van der Waals surface area contributed by atoms with Crippen LogP contribution in [0.3, 0.4) is 0 Å². The fourth-order valence-corrected chi connectivity index (χ4v) is 3.26. The number of nitrogens with zero attached hydrogens (tertiary/aromatic N) is 2. The van der Waals surface area contributed by atoms with Crippen LogP contribution in [-0.4, -0.2) is 53.3 Å². The lowest BCUT2D eigenvalue weighted by Gasteiger charge is -2.24. The molecule has 1 aromatic rings. The zero-order valence-electron chi connectivity index (χ0n) is 13.5. The Kier molecular flexibility index (Phi) is 4.39. The van der Waals surface area contributed by atoms with E-state index in [4.69, 9.17) is 4.74 Å². The van der Waals surface area contributed by atoms with Crippen molar-refractivity contribution in [2.75, 3.05) is 25.0 Å². The summed E-state index contributed by atoms with van der Waals surface area (Å²) in [7, 11) is 0. The Balaban J connectivity index is 1.57. The van der Waals surface area contributed by atoms with Gasteiger partial charge in [-0.15, -0.1) is 0 Å². The average molecular weight is 322 g/mol. The minimum atomic E-state index is -0.363. The van der Waals surface area contributed by atoms with Crippen LogP contribution in [0.15, 0.2) is 18.3 Å². The van der Waals surface area contributed by atoms with Gasteiger partial charge in [-0.1, -0.05) is 0 Å². The predicted octanol–water partition coefficient (Wildman–Crippen LogP) is 1.98. The molecule has 2 N–H and O–H groups in total. The van der Waals surface area contributed by atoms with Crippen molar-refractivity contribution in [3.05, 3.63) is 24.1 Å². The van der Waals surface area contributed by atoms with Gasteiger partial charge in [-0.25, -0.2) is 14.2 Å². The van der Waals surface area contributed by atoms with Crippen molar-refractivity contribution in [2.24, 2.45) is 0 Å². The molecule has 126 valence electrons. The summed E-state index contributed by atoms with van der Waals surface area (Å²) in [5, 5.41) is 6.01. The molecule has 2 saturated heterocycles. The number of nitrogens with one attached hydrogen (secondary N) is 2. The number of carbonyl (C=O) groups excluding carboxylic acids is 1. The van der Waals surface area contributed by atoms with E-state index in [0.717, 1.165) is 12.8 Å². The number of urea groups is 1. The Morgan fingerprint density at radius 1 is 1.57 bits per heavy atom. The maximum Gasteiger partial charge on any atom is 0.317 e. The molecule has 0 unspecified atom stereocenters. The van der Waals surface area contributed by atoms with Crippen LogP contribution < -0.4 is 10.6 Å². The first-order valence-corrected chi connectivity index (χ1v) is 8.04. The number of aromatic nitrogens is 1. The summed E-state index contributed by atoms with van der Waals surface area (Å²) < 4.78 is 19.7. The van der Waals surface area contributed by atoms with Crippen LogP contribution in [0.1, 0.15) is 26.7 Å². The molecule has 0 saturated carbocycles. The van der Waals surface area contributed by atoms with Gasteiger partial charge in [-0.3, -0.25) is 0 Å². The molecular weight excluding hydrogens is 299 g/mol. The first-order valence-electron chi connectivity index (χ1n) is 8.04. The number of halogens is 1. The Morgan fingerprint density at radius 2 is 2.39 bits per heavy atom. The third-order valence-electron chi connectivity index (χ3n) is 4.32. The number of amides is 2. The largest absolute Gasteiger partial charge is 0.371 e. The fraction of sp³-hybridized carbons (Fsp3) is 0.625. The van der Waals surface area contributed by atoms with Crippen molar-refractivity contribution < 1.29 is 13.9 Å². The molecule has 3 rings (SSSR count). The molecule has 1 aromatic heterocycles. The molecule has 0 aliphatic carbocycles. The van der Waals surface area contributed by atoms with Gasteiger partial charge in [0.2, 0.25) is 0 Å². The van der Waals surface area contributed by atoms with Crippen molar-refractivity contribution in [2.45, 2.75) is 44.4 Å². The third-order valence-corrected chi connectivity index (χ3v) is 4.32. The normalized spacial score (nSPS) is 27.0. The van der Waals surface area contributed by atoms with Crippen molar-refractivity contribution in [1.82, 2.24) is 15.2 Å². The Morgan fingerprint density at radius 3 is 3.13 bits per heavy atom. The van der Waals surface area contributed by atoms with Crippen LogP contribution >= 0.6 is 0 Å². The summed E-state index contributed by atoms with van der Waals surface area (Å²) in [6.45, 7) is 5.64. The molecule has 2 fully saturated rings. The summed E-state index contributed by atoms with van der Waals surface area (Å²) in [5.41, 5.74) is -0.322. The van der Waals surface area contributed by atoms with E-state index in [9.17, 15) is 9.18 Å². The van der Waals surface area contributed by atoms with Gasteiger partial charge >= 0.3 is 6.03 Å². The number of likely N-dealkylation sites (tertiary alicyclic amines) is 1. The van der Waals surface area contributed by atoms with Crippen molar-refractivity contribution in [3.8, 4) is 0 Å². The summed E-state index contributed by atoms with van der Waals surface area (Å²) in [4.78, 5) is 17.9. The van der Waals surface area contributed by atoms with E-state index in [2.05, 4.69) is 15.6 Å². The highest BCUT2D eigenvalue weighted by molar-refractivity contribution is 5.75.